The molecule has 126 valence electrons. The molecule has 2 aromatic carbocycles. The highest BCUT2D eigenvalue weighted by molar-refractivity contribution is 6.70. The molecular weight excluding hydrogens is 312 g/mol. The Morgan fingerprint density at radius 2 is 1.75 bits per heavy atom. The Hall–Kier alpha value is -2.00. The summed E-state index contributed by atoms with van der Waals surface area (Å²) in [5.41, 5.74) is 6.18. The second-order valence-corrected chi connectivity index (χ2v) is 11.9. The van der Waals surface area contributed by atoms with Crippen LogP contribution in [0.2, 0.25) is 19.6 Å². The molecule has 0 saturated heterocycles. The van der Waals surface area contributed by atoms with Crippen LogP contribution < -0.4 is 4.74 Å². The molecule has 0 unspecified atom stereocenters. The van der Waals surface area contributed by atoms with Gasteiger partial charge in [-0.25, -0.2) is 0 Å². The summed E-state index contributed by atoms with van der Waals surface area (Å²) < 4.78 is 12.5. The first-order valence-electron chi connectivity index (χ1n) is 8.54. The second kappa shape index (κ2) is 6.48. The predicted molar refractivity (Wildman–Crippen MR) is 103 cm³/mol. The van der Waals surface area contributed by atoms with Gasteiger partial charge in [-0.3, -0.25) is 0 Å². The minimum Gasteiger partial charge on any atom is -0.544 e. The van der Waals surface area contributed by atoms with E-state index < -0.39 is 8.32 Å². The molecule has 2 nitrogen and oxygen atoms in total. The molecular formula is C21H26O2Si. The molecule has 3 heteroatoms. The van der Waals surface area contributed by atoms with Crippen LogP contribution in [0.4, 0.5) is 0 Å². The maximum atomic E-state index is 6.31. The summed E-state index contributed by atoms with van der Waals surface area (Å²) in [5.74, 6) is 2.04. The van der Waals surface area contributed by atoms with Crippen LogP contribution in [0.15, 0.2) is 42.5 Å². The Labute approximate surface area is 146 Å². The van der Waals surface area contributed by atoms with Crippen molar-refractivity contribution in [1.82, 2.24) is 0 Å². The molecule has 0 heterocycles. The van der Waals surface area contributed by atoms with E-state index in [0.29, 0.717) is 6.61 Å². The SMILES string of the molecule is Cc1cc2c(c(C)c1OCc1ccccc1)C(O[Si](C)(C)C)=CC2. The van der Waals surface area contributed by atoms with Crippen molar-refractivity contribution < 1.29 is 9.16 Å². The van der Waals surface area contributed by atoms with Crippen molar-refractivity contribution in [3.8, 4) is 5.75 Å². The van der Waals surface area contributed by atoms with E-state index in [1.807, 2.05) is 18.2 Å². The van der Waals surface area contributed by atoms with E-state index in [0.717, 1.165) is 17.9 Å². The van der Waals surface area contributed by atoms with Crippen molar-refractivity contribution in [2.24, 2.45) is 0 Å². The molecule has 0 aliphatic heterocycles. The first kappa shape index (κ1) is 16.8. The minimum absolute atomic E-state index is 0.592. The van der Waals surface area contributed by atoms with Crippen molar-refractivity contribution in [2.45, 2.75) is 46.5 Å². The summed E-state index contributed by atoms with van der Waals surface area (Å²) >= 11 is 0. The van der Waals surface area contributed by atoms with Gasteiger partial charge in [-0.05, 0) is 62.7 Å². The molecule has 24 heavy (non-hydrogen) atoms. The number of rotatable bonds is 5. The van der Waals surface area contributed by atoms with Crippen LogP contribution in [-0.4, -0.2) is 8.32 Å². The largest absolute Gasteiger partial charge is 0.544 e. The summed E-state index contributed by atoms with van der Waals surface area (Å²) in [6.07, 6.45) is 3.17. The molecule has 0 atom stereocenters. The molecule has 0 aromatic heterocycles. The van der Waals surface area contributed by atoms with Crippen molar-refractivity contribution in [1.29, 1.82) is 0 Å². The first-order chi connectivity index (χ1) is 11.3. The van der Waals surface area contributed by atoms with E-state index in [1.165, 1.54) is 27.8 Å². The Balaban J connectivity index is 1.89. The average Bonchev–Trinajstić information content (AvgIpc) is 2.88. The fraction of sp³-hybridized carbons (Fsp3) is 0.333. The molecule has 0 radical (unpaired) electrons. The summed E-state index contributed by atoms with van der Waals surface area (Å²) in [7, 11) is -1.62. The fourth-order valence-electron chi connectivity index (χ4n) is 3.23. The maximum absolute atomic E-state index is 6.31. The fourth-order valence-corrected chi connectivity index (χ4v) is 4.08. The summed E-state index contributed by atoms with van der Waals surface area (Å²) in [6, 6.07) is 12.6. The van der Waals surface area contributed by atoms with Crippen LogP contribution in [0.25, 0.3) is 5.76 Å². The molecule has 0 amide bonds. The van der Waals surface area contributed by atoms with Crippen LogP contribution in [0.3, 0.4) is 0 Å². The minimum atomic E-state index is -1.62. The van der Waals surface area contributed by atoms with Gasteiger partial charge in [-0.2, -0.15) is 0 Å². The van der Waals surface area contributed by atoms with Crippen LogP contribution in [0.5, 0.6) is 5.75 Å². The number of aryl methyl sites for hydroxylation is 1. The van der Waals surface area contributed by atoms with Gasteiger partial charge in [0.25, 0.3) is 0 Å². The zero-order chi connectivity index (χ0) is 17.3. The Morgan fingerprint density at radius 3 is 2.42 bits per heavy atom. The normalized spacial score (nSPS) is 13.5. The number of ether oxygens (including phenoxy) is 1. The topological polar surface area (TPSA) is 18.5 Å². The van der Waals surface area contributed by atoms with E-state index in [2.05, 4.69) is 57.8 Å². The van der Waals surface area contributed by atoms with Crippen molar-refractivity contribution in [3.05, 3.63) is 70.3 Å². The van der Waals surface area contributed by atoms with E-state index >= 15 is 0 Å². The molecule has 0 saturated carbocycles. The highest BCUT2D eigenvalue weighted by Gasteiger charge is 2.26. The third-order valence-electron chi connectivity index (χ3n) is 4.18. The number of benzene rings is 2. The monoisotopic (exact) mass is 338 g/mol. The average molecular weight is 339 g/mol. The quantitative estimate of drug-likeness (QED) is 0.658. The smallest absolute Gasteiger partial charge is 0.242 e. The highest BCUT2D eigenvalue weighted by atomic mass is 28.4. The van der Waals surface area contributed by atoms with Gasteiger partial charge >= 0.3 is 0 Å². The van der Waals surface area contributed by atoms with E-state index in [1.54, 1.807) is 0 Å². The Bertz CT molecular complexity index is 771. The lowest BCUT2D eigenvalue weighted by Crippen LogP contribution is -2.24. The van der Waals surface area contributed by atoms with Crippen molar-refractivity contribution in [2.75, 3.05) is 0 Å². The zero-order valence-corrected chi connectivity index (χ0v) is 16.3. The maximum Gasteiger partial charge on any atom is 0.242 e. The second-order valence-electron chi connectivity index (χ2n) is 7.44. The molecule has 0 spiro atoms. The van der Waals surface area contributed by atoms with E-state index in [4.69, 9.17) is 9.16 Å². The van der Waals surface area contributed by atoms with Gasteiger partial charge in [-0.1, -0.05) is 36.4 Å². The number of hydrogen-bond acceptors (Lipinski definition) is 2. The summed E-state index contributed by atoms with van der Waals surface area (Å²) in [5, 5.41) is 0. The highest BCUT2D eigenvalue weighted by Crippen LogP contribution is 2.39. The molecule has 1 aliphatic rings. The van der Waals surface area contributed by atoms with Gasteiger partial charge in [0.15, 0.2) is 0 Å². The molecule has 2 aromatic rings. The third-order valence-corrected chi connectivity index (χ3v) is 5.01. The summed E-state index contributed by atoms with van der Waals surface area (Å²) in [6.45, 7) is 11.5. The van der Waals surface area contributed by atoms with E-state index in [9.17, 15) is 0 Å². The van der Waals surface area contributed by atoms with Crippen LogP contribution >= 0.6 is 0 Å². The standard InChI is InChI=1S/C21H26O2Si/c1-15-13-18-11-12-19(23-24(3,4)5)20(18)16(2)21(15)22-14-17-9-7-6-8-10-17/h6-10,12-13H,11,14H2,1-5H3. The first-order valence-corrected chi connectivity index (χ1v) is 12.0. The van der Waals surface area contributed by atoms with Crippen molar-refractivity contribution >= 4 is 14.1 Å². The van der Waals surface area contributed by atoms with Gasteiger partial charge in [0.05, 0.1) is 0 Å². The van der Waals surface area contributed by atoms with Gasteiger partial charge in [-0.15, -0.1) is 0 Å². The molecule has 0 bridgehead atoms. The third kappa shape index (κ3) is 3.56. The zero-order valence-electron chi connectivity index (χ0n) is 15.3. The number of hydrogen-bond donors (Lipinski definition) is 0. The lowest BCUT2D eigenvalue weighted by atomic mass is 9.99. The van der Waals surface area contributed by atoms with Gasteiger partial charge in [0, 0.05) is 11.1 Å². The van der Waals surface area contributed by atoms with Crippen molar-refractivity contribution in [3.63, 3.8) is 0 Å². The lowest BCUT2D eigenvalue weighted by Gasteiger charge is -2.23. The Kier molecular flexibility index (Phi) is 4.55. The number of fused-ring (bicyclic) bond motifs is 1. The van der Waals surface area contributed by atoms with E-state index in [-0.39, 0.29) is 0 Å². The lowest BCUT2D eigenvalue weighted by molar-refractivity contribution is 0.301. The van der Waals surface area contributed by atoms with Crippen LogP contribution in [0, 0.1) is 13.8 Å². The van der Waals surface area contributed by atoms with Crippen LogP contribution in [0.1, 0.15) is 27.8 Å². The van der Waals surface area contributed by atoms with Gasteiger partial charge in [0.1, 0.15) is 18.1 Å². The van der Waals surface area contributed by atoms with Gasteiger partial charge in [0.2, 0.25) is 8.32 Å². The molecule has 0 fully saturated rings. The Morgan fingerprint density at radius 1 is 1.04 bits per heavy atom. The molecule has 3 rings (SSSR count). The molecule has 1 aliphatic carbocycles. The van der Waals surface area contributed by atoms with Gasteiger partial charge < -0.3 is 9.16 Å². The molecule has 0 N–H and O–H groups in total. The number of allylic oxidation sites excluding steroid dienone is 1. The predicted octanol–water partition coefficient (Wildman–Crippen LogP) is 5.63. The van der Waals surface area contributed by atoms with Crippen LogP contribution in [-0.2, 0) is 17.5 Å². The summed E-state index contributed by atoms with van der Waals surface area (Å²) in [4.78, 5) is 0.